The molecule has 0 spiro atoms. The van der Waals surface area contributed by atoms with Gasteiger partial charge in [0.15, 0.2) is 0 Å². The summed E-state index contributed by atoms with van der Waals surface area (Å²) in [7, 11) is 0. The molecule has 0 aromatic heterocycles. The first kappa shape index (κ1) is 18.7. The van der Waals surface area contributed by atoms with Crippen molar-refractivity contribution < 1.29 is 4.79 Å². The van der Waals surface area contributed by atoms with Crippen molar-refractivity contribution in [3.05, 3.63) is 69.7 Å². The maximum absolute atomic E-state index is 12.6. The fourth-order valence-electron chi connectivity index (χ4n) is 3.70. The highest BCUT2D eigenvalue weighted by molar-refractivity contribution is 6.30. The predicted molar refractivity (Wildman–Crippen MR) is 108 cm³/mol. The zero-order chi connectivity index (χ0) is 18.8. The van der Waals surface area contributed by atoms with E-state index in [1.807, 2.05) is 17.0 Å². The van der Waals surface area contributed by atoms with Crippen molar-refractivity contribution >= 4 is 29.1 Å². The molecule has 2 aliphatic rings. The lowest BCUT2D eigenvalue weighted by Crippen LogP contribution is -2.55. The van der Waals surface area contributed by atoms with Crippen LogP contribution in [0, 0.1) is 0 Å². The number of rotatable bonds is 3. The van der Waals surface area contributed by atoms with E-state index < -0.39 is 0 Å². The number of hydrazine groups is 1. The van der Waals surface area contributed by atoms with Crippen molar-refractivity contribution in [2.24, 2.45) is 0 Å². The van der Waals surface area contributed by atoms with Crippen LogP contribution in [0.4, 0.5) is 0 Å². The Morgan fingerprint density at radius 1 is 0.852 bits per heavy atom. The maximum Gasteiger partial charge on any atom is 0.253 e. The van der Waals surface area contributed by atoms with E-state index in [4.69, 9.17) is 23.2 Å². The van der Waals surface area contributed by atoms with Gasteiger partial charge in [-0.25, -0.2) is 10.9 Å². The number of amides is 1. The topological polar surface area (TPSA) is 47.6 Å². The molecule has 2 N–H and O–H groups in total. The second-order valence-corrected chi connectivity index (χ2v) is 7.85. The summed E-state index contributed by atoms with van der Waals surface area (Å²) in [6.45, 7) is 3.16. The number of nitrogens with zero attached hydrogens (tertiary/aromatic N) is 2. The van der Waals surface area contributed by atoms with Gasteiger partial charge in [-0.3, -0.25) is 9.69 Å². The highest BCUT2D eigenvalue weighted by atomic mass is 35.5. The van der Waals surface area contributed by atoms with Crippen LogP contribution < -0.4 is 10.9 Å². The Balaban J connectivity index is 1.31. The molecule has 2 saturated heterocycles. The van der Waals surface area contributed by atoms with Gasteiger partial charge >= 0.3 is 0 Å². The molecule has 2 aromatic rings. The first-order chi connectivity index (χ1) is 13.1. The second kappa shape index (κ2) is 8.17. The standard InChI is InChI=1S/C20H22Cl2N4O/c21-16-5-1-14(2-6-16)18-13-19(24-23-18)25-9-11-26(12-10-25)20(27)15-3-7-17(22)8-4-15/h1-8,18-19,23-24H,9-13H2. The molecule has 2 heterocycles. The van der Waals surface area contributed by atoms with E-state index in [0.717, 1.165) is 37.6 Å². The average molecular weight is 405 g/mol. The minimum Gasteiger partial charge on any atom is -0.336 e. The minimum absolute atomic E-state index is 0.0721. The lowest BCUT2D eigenvalue weighted by molar-refractivity contribution is 0.0545. The summed E-state index contributed by atoms with van der Waals surface area (Å²) < 4.78 is 0. The summed E-state index contributed by atoms with van der Waals surface area (Å²) in [6, 6.07) is 15.3. The number of hydrogen-bond donors (Lipinski definition) is 2. The lowest BCUT2D eigenvalue weighted by atomic mass is 10.0. The lowest BCUT2D eigenvalue weighted by Gasteiger charge is -2.37. The molecule has 0 bridgehead atoms. The Kier molecular flexibility index (Phi) is 5.66. The van der Waals surface area contributed by atoms with Crippen molar-refractivity contribution in [2.75, 3.05) is 26.2 Å². The Labute approximate surface area is 169 Å². The zero-order valence-corrected chi connectivity index (χ0v) is 16.4. The summed E-state index contributed by atoms with van der Waals surface area (Å²) in [4.78, 5) is 16.9. The summed E-state index contributed by atoms with van der Waals surface area (Å²) in [6.07, 6.45) is 1.24. The van der Waals surface area contributed by atoms with E-state index in [1.54, 1.807) is 24.3 Å². The zero-order valence-electron chi connectivity index (χ0n) is 14.9. The molecule has 5 nitrogen and oxygen atoms in total. The van der Waals surface area contributed by atoms with Crippen LogP contribution in [-0.2, 0) is 0 Å². The maximum atomic E-state index is 12.6. The number of halogens is 2. The largest absolute Gasteiger partial charge is 0.336 e. The van der Waals surface area contributed by atoms with Crippen molar-refractivity contribution in [1.29, 1.82) is 0 Å². The summed E-state index contributed by atoms with van der Waals surface area (Å²) >= 11 is 11.9. The number of hydrogen-bond acceptors (Lipinski definition) is 4. The van der Waals surface area contributed by atoms with Crippen molar-refractivity contribution in [2.45, 2.75) is 18.6 Å². The van der Waals surface area contributed by atoms with Crippen LogP contribution in [-0.4, -0.2) is 48.1 Å². The van der Waals surface area contributed by atoms with Crippen LogP contribution >= 0.6 is 23.2 Å². The first-order valence-corrected chi connectivity index (χ1v) is 9.91. The number of carbonyl (C=O) groups is 1. The fourth-order valence-corrected chi connectivity index (χ4v) is 3.96. The number of carbonyl (C=O) groups excluding carboxylic acids is 1. The van der Waals surface area contributed by atoms with Crippen LogP contribution in [0.5, 0.6) is 0 Å². The van der Waals surface area contributed by atoms with E-state index in [2.05, 4.69) is 27.9 Å². The molecule has 27 heavy (non-hydrogen) atoms. The molecule has 142 valence electrons. The Hall–Kier alpha value is -1.63. The van der Waals surface area contributed by atoms with Crippen molar-refractivity contribution in [3.63, 3.8) is 0 Å². The predicted octanol–water partition coefficient (Wildman–Crippen LogP) is 3.32. The highest BCUT2D eigenvalue weighted by Gasteiger charge is 2.32. The van der Waals surface area contributed by atoms with Gasteiger partial charge < -0.3 is 4.90 Å². The Morgan fingerprint density at radius 2 is 1.44 bits per heavy atom. The monoisotopic (exact) mass is 404 g/mol. The van der Waals surface area contributed by atoms with Gasteiger partial charge in [-0.05, 0) is 48.4 Å². The molecule has 4 rings (SSSR count). The van der Waals surface area contributed by atoms with Crippen LogP contribution in [0.3, 0.4) is 0 Å². The molecule has 2 atom stereocenters. The summed E-state index contributed by atoms with van der Waals surface area (Å²) in [5.41, 5.74) is 8.69. The molecule has 7 heteroatoms. The number of nitrogens with one attached hydrogen (secondary N) is 2. The average Bonchev–Trinajstić information content (AvgIpc) is 3.19. The summed E-state index contributed by atoms with van der Waals surface area (Å²) in [5.74, 6) is 0.0721. The van der Waals surface area contributed by atoms with Gasteiger partial charge in [-0.2, -0.15) is 0 Å². The smallest absolute Gasteiger partial charge is 0.253 e. The molecule has 0 radical (unpaired) electrons. The molecule has 2 fully saturated rings. The van der Waals surface area contributed by atoms with Crippen LogP contribution in [0.15, 0.2) is 48.5 Å². The molecular weight excluding hydrogens is 383 g/mol. The van der Waals surface area contributed by atoms with E-state index in [1.165, 1.54) is 5.56 Å². The normalized spacial score (nSPS) is 23.6. The van der Waals surface area contributed by atoms with Gasteiger partial charge in [-0.1, -0.05) is 35.3 Å². The van der Waals surface area contributed by atoms with E-state index in [-0.39, 0.29) is 18.1 Å². The molecule has 2 unspecified atom stereocenters. The number of piperazine rings is 1. The molecule has 0 saturated carbocycles. The molecule has 0 aliphatic carbocycles. The fraction of sp³-hybridized carbons (Fsp3) is 0.350. The SMILES string of the molecule is O=C(c1ccc(Cl)cc1)N1CCN(C2CC(c3ccc(Cl)cc3)NN2)CC1. The molecule has 2 aromatic carbocycles. The van der Waals surface area contributed by atoms with Crippen LogP contribution in [0.2, 0.25) is 10.0 Å². The molecule has 1 amide bonds. The van der Waals surface area contributed by atoms with Gasteiger partial charge in [0.1, 0.15) is 0 Å². The molecule has 2 aliphatic heterocycles. The Bertz CT molecular complexity index is 789. The highest BCUT2D eigenvalue weighted by Crippen LogP contribution is 2.25. The van der Waals surface area contributed by atoms with Crippen molar-refractivity contribution in [3.8, 4) is 0 Å². The third-order valence-corrected chi connectivity index (χ3v) is 5.79. The quantitative estimate of drug-likeness (QED) is 0.823. The van der Waals surface area contributed by atoms with Crippen molar-refractivity contribution in [1.82, 2.24) is 20.7 Å². The summed E-state index contributed by atoms with van der Waals surface area (Å²) in [5, 5.41) is 1.40. The van der Waals surface area contributed by atoms with Crippen LogP contribution in [0.1, 0.15) is 28.4 Å². The van der Waals surface area contributed by atoms with Crippen LogP contribution in [0.25, 0.3) is 0 Å². The van der Waals surface area contributed by atoms with Gasteiger partial charge in [0, 0.05) is 47.8 Å². The van der Waals surface area contributed by atoms with Gasteiger partial charge in [0.05, 0.1) is 6.17 Å². The second-order valence-electron chi connectivity index (χ2n) is 6.98. The van der Waals surface area contributed by atoms with E-state index in [9.17, 15) is 4.79 Å². The van der Waals surface area contributed by atoms with Gasteiger partial charge in [0.2, 0.25) is 0 Å². The van der Waals surface area contributed by atoms with E-state index >= 15 is 0 Å². The third kappa shape index (κ3) is 4.28. The van der Waals surface area contributed by atoms with Gasteiger partial charge in [0.25, 0.3) is 5.91 Å². The van der Waals surface area contributed by atoms with E-state index in [0.29, 0.717) is 10.6 Å². The first-order valence-electron chi connectivity index (χ1n) is 9.15. The third-order valence-electron chi connectivity index (χ3n) is 5.29. The molecular formula is C20H22Cl2N4O. The number of benzene rings is 2. The Morgan fingerprint density at radius 3 is 2.07 bits per heavy atom. The minimum atomic E-state index is 0.0721. The van der Waals surface area contributed by atoms with Gasteiger partial charge in [-0.15, -0.1) is 0 Å².